The van der Waals surface area contributed by atoms with Gasteiger partial charge in [0.15, 0.2) is 10.8 Å². The minimum atomic E-state index is -1.60. The van der Waals surface area contributed by atoms with E-state index in [2.05, 4.69) is 11.8 Å². The molecule has 8 heteroatoms. The maximum Gasteiger partial charge on any atom is 0.324 e. The molecule has 0 aliphatic rings. The van der Waals surface area contributed by atoms with Gasteiger partial charge in [0, 0.05) is 6.42 Å². The van der Waals surface area contributed by atoms with Crippen molar-refractivity contribution in [2.24, 2.45) is 10.8 Å². The van der Waals surface area contributed by atoms with Crippen LogP contribution < -0.4 is 0 Å². The third kappa shape index (κ3) is 8.22. The summed E-state index contributed by atoms with van der Waals surface area (Å²) in [6.07, 6.45) is 6.52. The van der Waals surface area contributed by atoms with Crippen molar-refractivity contribution in [2.75, 3.05) is 28.4 Å². The SMILES string of the molecule is COC(=O)C(CC#C/C=C/CC(CC=C(C)C)(C(=O)OC)C(=O)OC)(CC=C(C)C)C(=O)OC. The van der Waals surface area contributed by atoms with Gasteiger partial charge in [0.2, 0.25) is 0 Å². The Morgan fingerprint density at radius 3 is 1.41 bits per heavy atom. The zero-order valence-electron chi connectivity index (χ0n) is 21.4. The van der Waals surface area contributed by atoms with Crippen molar-refractivity contribution in [3.05, 3.63) is 35.5 Å². The predicted octanol–water partition coefficient (Wildman–Crippen LogP) is 3.70. The molecule has 0 amide bonds. The molecule has 0 unspecified atom stereocenters. The molecule has 34 heavy (non-hydrogen) atoms. The van der Waals surface area contributed by atoms with Gasteiger partial charge in [-0.2, -0.15) is 0 Å². The Balaban J connectivity index is 5.96. The second-order valence-electron chi connectivity index (χ2n) is 8.21. The van der Waals surface area contributed by atoms with E-state index in [0.29, 0.717) is 0 Å². The van der Waals surface area contributed by atoms with Gasteiger partial charge in [-0.15, -0.1) is 0 Å². The predicted molar refractivity (Wildman–Crippen MR) is 127 cm³/mol. The molecule has 0 spiro atoms. The smallest absolute Gasteiger partial charge is 0.324 e. The third-order valence-electron chi connectivity index (χ3n) is 5.18. The highest BCUT2D eigenvalue weighted by Crippen LogP contribution is 2.33. The van der Waals surface area contributed by atoms with Crippen LogP contribution in [-0.2, 0) is 38.1 Å². The largest absolute Gasteiger partial charge is 0.468 e. The van der Waals surface area contributed by atoms with E-state index in [-0.39, 0.29) is 25.7 Å². The molecule has 8 nitrogen and oxygen atoms in total. The summed E-state index contributed by atoms with van der Waals surface area (Å²) in [5, 5.41) is 0. The van der Waals surface area contributed by atoms with Crippen LogP contribution in [0.5, 0.6) is 0 Å². The number of hydrogen-bond acceptors (Lipinski definition) is 8. The van der Waals surface area contributed by atoms with Crippen molar-refractivity contribution in [1.82, 2.24) is 0 Å². The van der Waals surface area contributed by atoms with E-state index in [4.69, 9.17) is 18.9 Å². The lowest BCUT2D eigenvalue weighted by Gasteiger charge is -2.26. The molecule has 0 aromatic rings. The number of ether oxygens (including phenoxy) is 4. The van der Waals surface area contributed by atoms with E-state index in [1.807, 2.05) is 27.7 Å². The van der Waals surface area contributed by atoms with Gasteiger partial charge in [-0.1, -0.05) is 41.2 Å². The number of hydrogen-bond donors (Lipinski definition) is 0. The van der Waals surface area contributed by atoms with Crippen molar-refractivity contribution in [1.29, 1.82) is 0 Å². The second-order valence-corrected chi connectivity index (χ2v) is 8.21. The van der Waals surface area contributed by atoms with Crippen LogP contribution in [0.4, 0.5) is 0 Å². The molecule has 0 aliphatic heterocycles. The van der Waals surface area contributed by atoms with Gasteiger partial charge >= 0.3 is 23.9 Å². The molecule has 0 N–H and O–H groups in total. The Morgan fingerprint density at radius 2 is 1.03 bits per heavy atom. The maximum absolute atomic E-state index is 12.5. The number of allylic oxidation sites excluding steroid dienone is 6. The molecule has 0 radical (unpaired) electrons. The van der Waals surface area contributed by atoms with Gasteiger partial charge in [-0.05, 0) is 53.0 Å². The molecule has 0 aromatic carbocycles. The number of carbonyl (C=O) groups is 4. The molecular formula is C26H36O8. The molecule has 0 aliphatic carbocycles. The summed E-state index contributed by atoms with van der Waals surface area (Å²) in [5.74, 6) is 2.62. The molecule has 0 bridgehead atoms. The molecule has 188 valence electrons. The van der Waals surface area contributed by atoms with E-state index in [0.717, 1.165) is 11.1 Å². The quantitative estimate of drug-likeness (QED) is 0.146. The maximum atomic E-state index is 12.5. The molecule has 0 atom stereocenters. The van der Waals surface area contributed by atoms with Crippen molar-refractivity contribution < 1.29 is 38.1 Å². The first-order valence-electron chi connectivity index (χ1n) is 10.7. The van der Waals surface area contributed by atoms with Crippen molar-refractivity contribution in [3.63, 3.8) is 0 Å². The zero-order valence-corrected chi connectivity index (χ0v) is 21.4. The van der Waals surface area contributed by atoms with E-state index < -0.39 is 34.7 Å². The van der Waals surface area contributed by atoms with Crippen LogP contribution in [0.15, 0.2) is 35.5 Å². The fourth-order valence-electron chi connectivity index (χ4n) is 3.08. The molecular weight excluding hydrogens is 440 g/mol. The summed E-state index contributed by atoms with van der Waals surface area (Å²) in [7, 11) is 4.80. The number of methoxy groups -OCH3 is 4. The Kier molecular flexibility index (Phi) is 13.3. The molecule has 0 aromatic heterocycles. The van der Waals surface area contributed by atoms with Gasteiger partial charge in [0.05, 0.1) is 28.4 Å². The molecule has 0 heterocycles. The first-order chi connectivity index (χ1) is 16.0. The fraction of sp³-hybridized carbons (Fsp3) is 0.538. The first-order valence-corrected chi connectivity index (χ1v) is 10.7. The van der Waals surface area contributed by atoms with Crippen molar-refractivity contribution >= 4 is 23.9 Å². The molecule has 0 rings (SSSR count). The van der Waals surface area contributed by atoms with E-state index in [9.17, 15) is 19.2 Å². The first kappa shape index (κ1) is 30.7. The Morgan fingerprint density at radius 1 is 0.647 bits per heavy atom. The van der Waals surface area contributed by atoms with E-state index in [1.165, 1.54) is 34.5 Å². The van der Waals surface area contributed by atoms with Crippen LogP contribution in [0, 0.1) is 22.7 Å². The number of rotatable bonds is 11. The van der Waals surface area contributed by atoms with Gasteiger partial charge in [0.1, 0.15) is 0 Å². The van der Waals surface area contributed by atoms with Crippen LogP contribution in [0.25, 0.3) is 0 Å². The van der Waals surface area contributed by atoms with Crippen LogP contribution in [0.3, 0.4) is 0 Å². The summed E-state index contributed by atoms with van der Waals surface area (Å²) < 4.78 is 19.4. The topological polar surface area (TPSA) is 105 Å². The van der Waals surface area contributed by atoms with Gasteiger partial charge in [0.25, 0.3) is 0 Å². The minimum absolute atomic E-state index is 0.0122. The standard InChI is InChI=1S/C26H36O8/c1-19(2)13-17-25(21(27)31-5,22(28)32-6)15-11-9-10-12-16-26(23(29)33-7,24(30)34-8)18-14-20(3)4/h9,11,13-14H,15-18H2,1-8H3/b11-9+. The van der Waals surface area contributed by atoms with Crippen LogP contribution in [-0.4, -0.2) is 52.3 Å². The van der Waals surface area contributed by atoms with E-state index >= 15 is 0 Å². The van der Waals surface area contributed by atoms with Crippen molar-refractivity contribution in [2.45, 2.75) is 53.4 Å². The Hall–Kier alpha value is -3.34. The lowest BCUT2D eigenvalue weighted by Crippen LogP contribution is -2.40. The highest BCUT2D eigenvalue weighted by atomic mass is 16.6. The van der Waals surface area contributed by atoms with E-state index in [1.54, 1.807) is 18.2 Å². The number of esters is 4. The molecule has 0 saturated carbocycles. The highest BCUT2D eigenvalue weighted by molar-refractivity contribution is 6.01. The van der Waals surface area contributed by atoms with Crippen LogP contribution in [0.2, 0.25) is 0 Å². The third-order valence-corrected chi connectivity index (χ3v) is 5.18. The summed E-state index contributed by atoms with van der Waals surface area (Å²) in [4.78, 5) is 50.0. The zero-order chi connectivity index (χ0) is 26.4. The van der Waals surface area contributed by atoms with Gasteiger partial charge < -0.3 is 18.9 Å². The molecule has 0 saturated heterocycles. The minimum Gasteiger partial charge on any atom is -0.468 e. The Bertz CT molecular complexity index is 855. The summed E-state index contributed by atoms with van der Waals surface area (Å²) >= 11 is 0. The second kappa shape index (κ2) is 14.7. The molecule has 0 fully saturated rings. The van der Waals surface area contributed by atoms with Gasteiger partial charge in [-0.25, -0.2) is 0 Å². The lowest BCUT2D eigenvalue weighted by molar-refractivity contribution is -0.170. The van der Waals surface area contributed by atoms with Crippen LogP contribution >= 0.6 is 0 Å². The summed E-state index contributed by atoms with van der Waals surface area (Å²) in [6, 6.07) is 0. The monoisotopic (exact) mass is 476 g/mol. The fourth-order valence-corrected chi connectivity index (χ4v) is 3.08. The average Bonchev–Trinajstić information content (AvgIpc) is 2.82. The van der Waals surface area contributed by atoms with Crippen LogP contribution in [0.1, 0.15) is 53.4 Å². The summed E-state index contributed by atoms with van der Waals surface area (Å²) in [5.41, 5.74) is -1.31. The lowest BCUT2D eigenvalue weighted by atomic mass is 9.80. The Labute approximate surface area is 202 Å². The normalized spacial score (nSPS) is 10.9. The van der Waals surface area contributed by atoms with Crippen molar-refractivity contribution in [3.8, 4) is 11.8 Å². The highest BCUT2D eigenvalue weighted by Gasteiger charge is 2.47. The summed E-state index contributed by atoms with van der Waals surface area (Å²) in [6.45, 7) is 7.39. The average molecular weight is 477 g/mol. The number of carbonyl (C=O) groups excluding carboxylic acids is 4. The van der Waals surface area contributed by atoms with Gasteiger partial charge in [-0.3, -0.25) is 19.2 Å².